The van der Waals surface area contributed by atoms with Crippen LogP contribution in [0.4, 0.5) is 17.1 Å². The number of nitrogens with zero attached hydrogens (tertiary/aromatic N) is 4. The van der Waals surface area contributed by atoms with Crippen molar-refractivity contribution in [2.75, 3.05) is 36.5 Å². The van der Waals surface area contributed by atoms with Crippen LogP contribution in [0.5, 0.6) is 0 Å². The molecule has 10 heteroatoms. The van der Waals surface area contributed by atoms with Crippen molar-refractivity contribution in [1.29, 1.82) is 0 Å². The maximum Gasteiger partial charge on any atom is 0.338 e. The van der Waals surface area contributed by atoms with Crippen LogP contribution >= 0.6 is 11.6 Å². The predicted molar refractivity (Wildman–Crippen MR) is 196 cm³/mol. The normalized spacial score (nSPS) is 11.4. The summed E-state index contributed by atoms with van der Waals surface area (Å²) in [6, 6.07) is 12.2. The fourth-order valence-electron chi connectivity index (χ4n) is 5.47. The van der Waals surface area contributed by atoms with Crippen LogP contribution in [0, 0.1) is 20.8 Å². The number of aliphatic hydroxyl groups excluding tert-OH is 1. The SMILES string of the molecule is CCCCCCCCCCCCOC(=O)c1ccc(Cl)c(NC(=O)C(=Nc2ccc(N(CC)CCO)cc2C)c2nc(C)cc(C)n2)c1. The van der Waals surface area contributed by atoms with E-state index in [-0.39, 0.29) is 34.4 Å². The number of carbonyl (C=O) groups is 2. The van der Waals surface area contributed by atoms with E-state index in [1.807, 2.05) is 52.0 Å². The number of aliphatic imine (C=N–C) groups is 1. The Morgan fingerprint density at radius 1 is 0.875 bits per heavy atom. The highest BCUT2D eigenvalue weighted by Gasteiger charge is 2.21. The molecule has 2 N–H and O–H groups in total. The Morgan fingerprint density at radius 3 is 2.12 bits per heavy atom. The van der Waals surface area contributed by atoms with Gasteiger partial charge in [0, 0.05) is 30.2 Å². The zero-order chi connectivity index (χ0) is 34.9. The van der Waals surface area contributed by atoms with Crippen LogP contribution in [0.25, 0.3) is 0 Å². The molecule has 1 aromatic heterocycles. The Kier molecular flexibility index (Phi) is 16.5. The summed E-state index contributed by atoms with van der Waals surface area (Å²) in [5.74, 6) is -0.869. The van der Waals surface area contributed by atoms with Crippen LogP contribution in [0.1, 0.15) is 111 Å². The smallest absolute Gasteiger partial charge is 0.338 e. The Bertz CT molecular complexity index is 1510. The average molecular weight is 678 g/mol. The number of aliphatic hydroxyl groups is 1. The molecule has 0 fully saturated rings. The number of aryl methyl sites for hydroxylation is 3. The average Bonchev–Trinajstić information content (AvgIpc) is 3.05. The molecule has 2 aromatic carbocycles. The molecule has 0 aliphatic heterocycles. The molecule has 3 aromatic rings. The molecule has 0 aliphatic carbocycles. The van der Waals surface area contributed by atoms with Crippen molar-refractivity contribution < 1.29 is 19.4 Å². The second kappa shape index (κ2) is 20.5. The van der Waals surface area contributed by atoms with E-state index in [1.54, 1.807) is 12.1 Å². The maximum atomic E-state index is 13.8. The number of benzene rings is 2. The molecule has 0 spiro atoms. The van der Waals surface area contributed by atoms with Crippen molar-refractivity contribution in [2.45, 2.75) is 98.8 Å². The third kappa shape index (κ3) is 12.3. The first-order chi connectivity index (χ1) is 23.2. The summed E-state index contributed by atoms with van der Waals surface area (Å²) >= 11 is 6.48. The van der Waals surface area contributed by atoms with Crippen molar-refractivity contribution in [3.63, 3.8) is 0 Å². The second-order valence-corrected chi connectivity index (χ2v) is 12.6. The number of aromatic nitrogens is 2. The Balaban J connectivity index is 1.72. The lowest BCUT2D eigenvalue weighted by Gasteiger charge is -2.22. The number of amides is 1. The highest BCUT2D eigenvalue weighted by atomic mass is 35.5. The molecule has 0 saturated heterocycles. The summed E-state index contributed by atoms with van der Waals surface area (Å²) in [5.41, 5.74) is 4.28. The molecule has 0 atom stereocenters. The Morgan fingerprint density at radius 2 is 1.52 bits per heavy atom. The number of nitrogens with one attached hydrogen (secondary N) is 1. The van der Waals surface area contributed by atoms with Gasteiger partial charge in [-0.3, -0.25) is 4.79 Å². The number of ether oxygens (including phenoxy) is 1. The number of likely N-dealkylation sites (N-methyl/N-ethyl adjacent to an activating group) is 1. The lowest BCUT2D eigenvalue weighted by molar-refractivity contribution is -0.110. The molecule has 9 nitrogen and oxygen atoms in total. The third-order valence-corrected chi connectivity index (χ3v) is 8.45. The molecule has 1 amide bonds. The molecule has 3 rings (SSSR count). The fraction of sp³-hybridized carbons (Fsp3) is 0.500. The van der Waals surface area contributed by atoms with Crippen LogP contribution in [0.15, 0.2) is 47.5 Å². The molecule has 0 aliphatic rings. The quantitative estimate of drug-likeness (QED) is 0.0698. The number of hydrogen-bond donors (Lipinski definition) is 2. The van der Waals surface area contributed by atoms with Gasteiger partial charge in [-0.05, 0) is 82.1 Å². The zero-order valence-electron chi connectivity index (χ0n) is 29.3. The molecular formula is C38H52ClN5O4. The Labute approximate surface area is 291 Å². The predicted octanol–water partition coefficient (Wildman–Crippen LogP) is 8.71. The molecule has 0 saturated carbocycles. The topological polar surface area (TPSA) is 117 Å². The number of hydrogen-bond acceptors (Lipinski definition) is 8. The zero-order valence-corrected chi connectivity index (χ0v) is 30.0. The number of esters is 1. The molecule has 1 heterocycles. The standard InChI is InChI=1S/C38H52ClN5O4/c1-6-8-9-10-11-12-13-14-15-16-23-48-38(47)30-17-19-32(39)34(26-30)43-37(46)35(36-40-28(4)25-29(5)41-36)42-33-20-18-31(24-27(33)3)44(7-2)21-22-45/h17-20,24-26,45H,6-16,21-23H2,1-5H3,(H,43,46). The van der Waals surface area contributed by atoms with Crippen molar-refractivity contribution in [1.82, 2.24) is 9.97 Å². The highest BCUT2D eigenvalue weighted by molar-refractivity contribution is 6.49. The minimum Gasteiger partial charge on any atom is -0.462 e. The van der Waals surface area contributed by atoms with Gasteiger partial charge in [0.15, 0.2) is 11.5 Å². The lowest BCUT2D eigenvalue weighted by atomic mass is 10.1. The molecule has 0 bridgehead atoms. The molecule has 260 valence electrons. The number of rotatable bonds is 20. The van der Waals surface area contributed by atoms with E-state index in [9.17, 15) is 14.7 Å². The number of carbonyl (C=O) groups excluding carboxylic acids is 2. The van der Waals surface area contributed by atoms with Gasteiger partial charge in [0.05, 0.1) is 35.2 Å². The van der Waals surface area contributed by atoms with Gasteiger partial charge < -0.3 is 20.1 Å². The summed E-state index contributed by atoms with van der Waals surface area (Å²) in [4.78, 5) is 42.5. The number of anilines is 2. The molecule has 0 radical (unpaired) electrons. The van der Waals surface area contributed by atoms with Gasteiger partial charge in [-0.1, -0.05) is 76.3 Å². The van der Waals surface area contributed by atoms with Crippen molar-refractivity contribution in [2.24, 2.45) is 4.99 Å². The van der Waals surface area contributed by atoms with E-state index in [1.165, 1.54) is 51.0 Å². The first-order valence-corrected chi connectivity index (χ1v) is 17.7. The van der Waals surface area contributed by atoms with Gasteiger partial charge in [0.25, 0.3) is 5.91 Å². The van der Waals surface area contributed by atoms with E-state index in [2.05, 4.69) is 27.1 Å². The van der Waals surface area contributed by atoms with E-state index in [4.69, 9.17) is 21.3 Å². The summed E-state index contributed by atoms with van der Waals surface area (Å²) in [7, 11) is 0. The third-order valence-electron chi connectivity index (χ3n) is 8.12. The van der Waals surface area contributed by atoms with Gasteiger partial charge >= 0.3 is 5.97 Å². The number of unbranched alkanes of at least 4 members (excludes halogenated alkanes) is 9. The van der Waals surface area contributed by atoms with Gasteiger partial charge in [0.1, 0.15) is 0 Å². The second-order valence-electron chi connectivity index (χ2n) is 12.2. The first kappa shape index (κ1) is 38.6. The molecule has 0 unspecified atom stereocenters. The first-order valence-electron chi connectivity index (χ1n) is 17.3. The van der Waals surface area contributed by atoms with Gasteiger partial charge in [-0.2, -0.15) is 0 Å². The fourth-order valence-corrected chi connectivity index (χ4v) is 5.64. The largest absolute Gasteiger partial charge is 0.462 e. The van der Waals surface area contributed by atoms with Crippen LogP contribution in [-0.2, 0) is 9.53 Å². The van der Waals surface area contributed by atoms with E-state index >= 15 is 0 Å². The summed E-state index contributed by atoms with van der Waals surface area (Å²) in [6.07, 6.45) is 12.0. The van der Waals surface area contributed by atoms with E-state index < -0.39 is 11.9 Å². The summed E-state index contributed by atoms with van der Waals surface area (Å²) in [6.45, 7) is 11.5. The van der Waals surface area contributed by atoms with Crippen LogP contribution in [0.3, 0.4) is 0 Å². The Hall–Kier alpha value is -3.82. The number of halogens is 1. The summed E-state index contributed by atoms with van der Waals surface area (Å²) < 4.78 is 5.53. The van der Waals surface area contributed by atoms with Gasteiger partial charge in [0.2, 0.25) is 0 Å². The van der Waals surface area contributed by atoms with Gasteiger partial charge in [-0.15, -0.1) is 0 Å². The summed E-state index contributed by atoms with van der Waals surface area (Å²) in [5, 5.41) is 12.5. The van der Waals surface area contributed by atoms with Crippen LogP contribution < -0.4 is 10.2 Å². The molecular weight excluding hydrogens is 626 g/mol. The van der Waals surface area contributed by atoms with Crippen molar-refractivity contribution >= 4 is 46.3 Å². The lowest BCUT2D eigenvalue weighted by Crippen LogP contribution is -2.27. The van der Waals surface area contributed by atoms with E-state index in [0.717, 1.165) is 37.1 Å². The van der Waals surface area contributed by atoms with Crippen LogP contribution in [-0.4, -0.2) is 59.0 Å². The van der Waals surface area contributed by atoms with E-state index in [0.29, 0.717) is 30.2 Å². The monoisotopic (exact) mass is 677 g/mol. The van der Waals surface area contributed by atoms with Crippen molar-refractivity contribution in [3.8, 4) is 0 Å². The highest BCUT2D eigenvalue weighted by Crippen LogP contribution is 2.27. The minimum absolute atomic E-state index is 0.00496. The van der Waals surface area contributed by atoms with Crippen molar-refractivity contribution in [3.05, 3.63) is 75.8 Å². The van der Waals surface area contributed by atoms with Crippen LogP contribution in [0.2, 0.25) is 5.02 Å². The maximum absolute atomic E-state index is 13.8. The van der Waals surface area contributed by atoms with Gasteiger partial charge in [-0.25, -0.2) is 19.8 Å². The molecule has 48 heavy (non-hydrogen) atoms. The minimum atomic E-state index is -0.572.